The summed E-state index contributed by atoms with van der Waals surface area (Å²) >= 11 is 0. The van der Waals surface area contributed by atoms with Crippen molar-refractivity contribution in [3.8, 4) is 0 Å². The van der Waals surface area contributed by atoms with Gasteiger partial charge >= 0.3 is 0 Å². The molecule has 2 rings (SSSR count). The van der Waals surface area contributed by atoms with Crippen molar-refractivity contribution in [1.29, 1.82) is 0 Å². The summed E-state index contributed by atoms with van der Waals surface area (Å²) in [6.45, 7) is 4.48. The molecule has 94 valence electrons. The van der Waals surface area contributed by atoms with Gasteiger partial charge in [-0.15, -0.1) is 0 Å². The molecule has 2 heteroatoms. The predicted octanol–water partition coefficient (Wildman–Crippen LogP) is 3.21. The topological polar surface area (TPSA) is 12.5 Å². The van der Waals surface area contributed by atoms with Crippen LogP contribution in [0.5, 0.6) is 0 Å². The molecular weight excluding hydrogens is 198 g/mol. The van der Waals surface area contributed by atoms with Gasteiger partial charge in [0.1, 0.15) is 0 Å². The normalized spacial score (nSPS) is 35.6. The van der Waals surface area contributed by atoms with Gasteiger partial charge in [-0.1, -0.05) is 20.3 Å². The van der Waals surface area contributed by atoms with Crippen LogP contribution in [0, 0.1) is 0 Å². The third-order valence-electron chi connectivity index (χ3n) is 4.59. The van der Waals surface area contributed by atoms with E-state index in [1.165, 1.54) is 32.1 Å². The molecule has 0 aromatic carbocycles. The fourth-order valence-corrected chi connectivity index (χ4v) is 3.43. The van der Waals surface area contributed by atoms with Crippen LogP contribution in [0.25, 0.3) is 0 Å². The molecule has 2 aliphatic rings. The second-order valence-electron chi connectivity index (χ2n) is 5.57. The molecular formula is C14H27NO. The van der Waals surface area contributed by atoms with Gasteiger partial charge in [0.05, 0.1) is 12.2 Å². The third-order valence-corrected chi connectivity index (χ3v) is 4.59. The van der Waals surface area contributed by atoms with Crippen molar-refractivity contribution in [2.45, 2.75) is 83.1 Å². The highest BCUT2D eigenvalue weighted by atomic mass is 16.5. The Morgan fingerprint density at radius 2 is 1.69 bits per heavy atom. The Morgan fingerprint density at radius 1 is 1.12 bits per heavy atom. The zero-order valence-electron chi connectivity index (χ0n) is 11.1. The summed E-state index contributed by atoms with van der Waals surface area (Å²) in [5.41, 5.74) is 0. The minimum absolute atomic E-state index is 0.495. The predicted molar refractivity (Wildman–Crippen MR) is 67.7 cm³/mol. The Hall–Kier alpha value is -0.0800. The van der Waals surface area contributed by atoms with E-state index in [2.05, 4.69) is 25.8 Å². The largest absolute Gasteiger partial charge is 0.375 e. The number of hydrogen-bond acceptors (Lipinski definition) is 2. The minimum Gasteiger partial charge on any atom is -0.375 e. The minimum atomic E-state index is 0.495. The number of piperidine rings is 2. The SMILES string of the molecule is CCC(CC)OC1CC2CCCC(C1)N2C. The Balaban J connectivity index is 1.89. The Labute approximate surface area is 100 Å². The first-order valence-electron chi connectivity index (χ1n) is 7.12. The molecule has 2 heterocycles. The lowest BCUT2D eigenvalue weighted by atomic mass is 9.83. The first kappa shape index (κ1) is 12.4. The number of fused-ring (bicyclic) bond motifs is 2. The molecule has 2 fully saturated rings. The van der Waals surface area contributed by atoms with Crippen LogP contribution in [0.3, 0.4) is 0 Å². The van der Waals surface area contributed by atoms with E-state index >= 15 is 0 Å². The molecule has 2 atom stereocenters. The van der Waals surface area contributed by atoms with Crippen LogP contribution in [0.2, 0.25) is 0 Å². The molecule has 0 amide bonds. The van der Waals surface area contributed by atoms with Gasteiger partial charge in [-0.05, 0) is 45.6 Å². The van der Waals surface area contributed by atoms with E-state index in [1.807, 2.05) is 0 Å². The summed E-state index contributed by atoms with van der Waals surface area (Å²) in [6, 6.07) is 1.60. The van der Waals surface area contributed by atoms with Crippen molar-refractivity contribution < 1.29 is 4.74 Å². The summed E-state index contributed by atoms with van der Waals surface area (Å²) < 4.78 is 6.25. The molecule has 2 bridgehead atoms. The summed E-state index contributed by atoms with van der Waals surface area (Å²) in [7, 11) is 2.31. The number of rotatable bonds is 4. The monoisotopic (exact) mass is 225 g/mol. The summed E-state index contributed by atoms with van der Waals surface area (Å²) in [6.07, 6.45) is 10.1. The molecule has 2 nitrogen and oxygen atoms in total. The van der Waals surface area contributed by atoms with Gasteiger partial charge in [-0.2, -0.15) is 0 Å². The van der Waals surface area contributed by atoms with E-state index in [1.54, 1.807) is 0 Å². The number of hydrogen-bond donors (Lipinski definition) is 0. The molecule has 16 heavy (non-hydrogen) atoms. The van der Waals surface area contributed by atoms with Crippen LogP contribution in [0.15, 0.2) is 0 Å². The lowest BCUT2D eigenvalue weighted by molar-refractivity contribution is -0.0834. The maximum Gasteiger partial charge on any atom is 0.0608 e. The van der Waals surface area contributed by atoms with Crippen LogP contribution in [-0.2, 0) is 4.74 Å². The van der Waals surface area contributed by atoms with Gasteiger partial charge in [0.25, 0.3) is 0 Å². The number of ether oxygens (including phenoxy) is 1. The van der Waals surface area contributed by atoms with E-state index in [-0.39, 0.29) is 0 Å². The Bertz CT molecular complexity index is 198. The molecule has 0 N–H and O–H groups in total. The van der Waals surface area contributed by atoms with Gasteiger partial charge in [0.15, 0.2) is 0 Å². The van der Waals surface area contributed by atoms with E-state index in [0.29, 0.717) is 12.2 Å². The lowest BCUT2D eigenvalue weighted by Crippen LogP contribution is -2.52. The van der Waals surface area contributed by atoms with Gasteiger partial charge < -0.3 is 9.64 Å². The summed E-state index contributed by atoms with van der Waals surface area (Å²) in [5, 5.41) is 0. The first-order valence-corrected chi connectivity index (χ1v) is 7.12. The van der Waals surface area contributed by atoms with Gasteiger partial charge in [0, 0.05) is 12.1 Å². The molecule has 0 aliphatic carbocycles. The Kier molecular flexibility index (Phi) is 4.26. The quantitative estimate of drug-likeness (QED) is 0.728. The van der Waals surface area contributed by atoms with Crippen molar-refractivity contribution in [2.24, 2.45) is 0 Å². The van der Waals surface area contributed by atoms with E-state index in [4.69, 9.17) is 4.74 Å². The average Bonchev–Trinajstić information content (AvgIpc) is 2.27. The van der Waals surface area contributed by atoms with E-state index in [9.17, 15) is 0 Å². The van der Waals surface area contributed by atoms with Crippen molar-refractivity contribution >= 4 is 0 Å². The highest BCUT2D eigenvalue weighted by Gasteiger charge is 2.36. The van der Waals surface area contributed by atoms with Crippen LogP contribution < -0.4 is 0 Å². The number of nitrogens with zero attached hydrogens (tertiary/aromatic N) is 1. The highest BCUT2D eigenvalue weighted by Crippen LogP contribution is 2.34. The van der Waals surface area contributed by atoms with Crippen LogP contribution >= 0.6 is 0 Å². The fourth-order valence-electron chi connectivity index (χ4n) is 3.43. The molecule has 2 aliphatic heterocycles. The fraction of sp³-hybridized carbons (Fsp3) is 1.00. The average molecular weight is 225 g/mol. The van der Waals surface area contributed by atoms with Crippen molar-refractivity contribution in [3.05, 3.63) is 0 Å². The van der Waals surface area contributed by atoms with Crippen molar-refractivity contribution in [3.63, 3.8) is 0 Å². The van der Waals surface area contributed by atoms with Crippen LogP contribution in [0.1, 0.15) is 58.8 Å². The highest BCUT2D eigenvalue weighted by molar-refractivity contribution is 4.91. The lowest BCUT2D eigenvalue weighted by Gasteiger charge is -2.47. The molecule has 0 radical (unpaired) electrons. The van der Waals surface area contributed by atoms with E-state index < -0.39 is 0 Å². The molecule has 2 unspecified atom stereocenters. The Morgan fingerprint density at radius 3 is 2.19 bits per heavy atom. The maximum absolute atomic E-state index is 6.25. The van der Waals surface area contributed by atoms with Gasteiger partial charge in [-0.3, -0.25) is 0 Å². The second kappa shape index (κ2) is 5.50. The molecule has 0 aromatic heterocycles. The molecule has 0 saturated carbocycles. The van der Waals surface area contributed by atoms with Gasteiger partial charge in [-0.25, -0.2) is 0 Å². The van der Waals surface area contributed by atoms with Crippen LogP contribution in [-0.4, -0.2) is 36.2 Å². The van der Waals surface area contributed by atoms with Crippen LogP contribution in [0.4, 0.5) is 0 Å². The smallest absolute Gasteiger partial charge is 0.0608 e. The first-order chi connectivity index (χ1) is 7.74. The third kappa shape index (κ3) is 2.60. The summed E-state index contributed by atoms with van der Waals surface area (Å²) in [5.74, 6) is 0. The van der Waals surface area contributed by atoms with Crippen molar-refractivity contribution in [1.82, 2.24) is 4.90 Å². The molecule has 0 aromatic rings. The zero-order chi connectivity index (χ0) is 11.5. The molecule has 0 spiro atoms. The van der Waals surface area contributed by atoms with Crippen molar-refractivity contribution in [2.75, 3.05) is 7.05 Å². The van der Waals surface area contributed by atoms with E-state index in [0.717, 1.165) is 24.9 Å². The molecule has 2 saturated heterocycles. The summed E-state index contributed by atoms with van der Waals surface area (Å²) in [4.78, 5) is 2.61. The maximum atomic E-state index is 6.25. The standard InChI is InChI=1S/C14H27NO/c1-4-13(5-2)16-14-9-11-7-6-8-12(10-14)15(11)3/h11-14H,4-10H2,1-3H3. The zero-order valence-corrected chi connectivity index (χ0v) is 11.1. The second-order valence-corrected chi connectivity index (χ2v) is 5.57. The van der Waals surface area contributed by atoms with Gasteiger partial charge in [0.2, 0.25) is 0 Å².